The lowest BCUT2D eigenvalue weighted by Gasteiger charge is -2.40. The molecule has 464 valence electrons. The fourth-order valence-corrected chi connectivity index (χ4v) is 10.5. The second kappa shape index (κ2) is 59.5. The van der Waals surface area contributed by atoms with Crippen molar-refractivity contribution in [2.75, 3.05) is 13.2 Å². The summed E-state index contributed by atoms with van der Waals surface area (Å²) in [6.45, 7) is 3.68. The maximum atomic E-state index is 13.1. The molecule has 0 aromatic carbocycles. The Labute approximate surface area is 492 Å². The summed E-state index contributed by atoms with van der Waals surface area (Å²) in [5.74, 6) is -0.191. The third-order valence-corrected chi connectivity index (χ3v) is 15.7. The van der Waals surface area contributed by atoms with Crippen LogP contribution in [0.5, 0.6) is 0 Å². The molecule has 1 aliphatic heterocycles. The first-order valence-electron chi connectivity index (χ1n) is 33.8. The highest BCUT2D eigenvalue weighted by Crippen LogP contribution is 2.23. The molecule has 0 spiro atoms. The van der Waals surface area contributed by atoms with Crippen molar-refractivity contribution in [3.63, 3.8) is 0 Å². The van der Waals surface area contributed by atoms with Gasteiger partial charge >= 0.3 is 0 Å². The highest BCUT2D eigenvalue weighted by Gasteiger charge is 2.44. The summed E-state index contributed by atoms with van der Waals surface area (Å²) < 4.78 is 11.3. The molecule has 1 heterocycles. The number of amides is 1. The van der Waals surface area contributed by atoms with Crippen molar-refractivity contribution in [2.24, 2.45) is 0 Å². The molecule has 0 radical (unpaired) electrons. The number of hydrogen-bond donors (Lipinski definition) is 6. The van der Waals surface area contributed by atoms with Crippen LogP contribution < -0.4 is 5.32 Å². The molecule has 1 aliphatic rings. The number of nitrogens with one attached hydrogen (secondary N) is 1. The van der Waals surface area contributed by atoms with Crippen molar-refractivity contribution < 1.29 is 39.8 Å². The monoisotopic (exact) mass is 1120 g/mol. The average molecular weight is 1120 g/mol. The first kappa shape index (κ1) is 75.4. The molecule has 0 bridgehead atoms. The predicted octanol–water partition coefficient (Wildman–Crippen LogP) is 18.1. The highest BCUT2D eigenvalue weighted by atomic mass is 16.7. The first-order valence-corrected chi connectivity index (χ1v) is 33.8. The minimum absolute atomic E-state index is 0.191. The van der Waals surface area contributed by atoms with Crippen molar-refractivity contribution in [3.05, 3.63) is 85.1 Å². The topological polar surface area (TPSA) is 149 Å². The van der Waals surface area contributed by atoms with Gasteiger partial charge in [0.05, 0.1) is 25.4 Å². The third-order valence-electron chi connectivity index (χ3n) is 15.7. The van der Waals surface area contributed by atoms with Gasteiger partial charge in [-0.1, -0.05) is 311 Å². The Kier molecular flexibility index (Phi) is 56.1. The molecule has 0 aromatic rings. The molecule has 0 aliphatic carbocycles. The quantitative estimate of drug-likeness (QED) is 0.0261. The van der Waals surface area contributed by atoms with Gasteiger partial charge in [-0.05, 0) is 70.6 Å². The molecule has 1 amide bonds. The molecule has 0 saturated carbocycles. The van der Waals surface area contributed by atoms with E-state index < -0.39 is 49.5 Å². The van der Waals surface area contributed by atoms with Gasteiger partial charge in [0, 0.05) is 6.42 Å². The van der Waals surface area contributed by atoms with Gasteiger partial charge in [0.15, 0.2) is 6.29 Å². The molecule has 6 N–H and O–H groups in total. The van der Waals surface area contributed by atoms with Crippen LogP contribution in [0.15, 0.2) is 85.1 Å². The second-order valence-electron chi connectivity index (χ2n) is 23.2. The number of carbonyl (C=O) groups is 1. The Bertz CT molecular complexity index is 1540. The van der Waals surface area contributed by atoms with Crippen LogP contribution in [0.25, 0.3) is 0 Å². The van der Waals surface area contributed by atoms with E-state index in [1.807, 2.05) is 6.08 Å². The van der Waals surface area contributed by atoms with E-state index in [2.05, 4.69) is 92.1 Å². The standard InChI is InChI=1S/C71H127NO8/c1-3-5-7-9-11-13-15-17-19-21-23-25-27-29-30-31-32-33-34-35-37-38-40-42-44-46-48-50-52-54-56-58-60-65(74)64(63-79-71-70(78)69(77)68(76)66(62-73)80-71)72-67(75)61-59-57-55-53-51-49-47-45-43-41-39-36-28-26-24-22-20-18-16-14-12-10-8-6-4-2/h6,8,12,14,18,20,24,26,36,39,43,45,58,60,64-66,68-71,73-74,76-78H,3-5,7,9-11,13,15-17,19,21-23,25,27-35,37-38,40-42,44,46-57,59,61-63H2,1-2H3,(H,72,75)/b8-6-,14-12-,20-18-,26-24-,39-36-,45-43-,60-58+. The summed E-state index contributed by atoms with van der Waals surface area (Å²) in [5.41, 5.74) is 0. The maximum absolute atomic E-state index is 13.1. The largest absolute Gasteiger partial charge is 0.394 e. The van der Waals surface area contributed by atoms with E-state index >= 15 is 0 Å². The van der Waals surface area contributed by atoms with Crippen LogP contribution in [0.3, 0.4) is 0 Å². The maximum Gasteiger partial charge on any atom is 0.220 e. The normalized spacial score (nSPS) is 19.0. The summed E-state index contributed by atoms with van der Waals surface area (Å²) in [5, 5.41) is 54.7. The van der Waals surface area contributed by atoms with Crippen LogP contribution in [0, 0.1) is 0 Å². The smallest absolute Gasteiger partial charge is 0.220 e. The molecule has 9 nitrogen and oxygen atoms in total. The lowest BCUT2D eigenvalue weighted by atomic mass is 9.99. The van der Waals surface area contributed by atoms with Gasteiger partial charge in [-0.3, -0.25) is 4.79 Å². The number of aliphatic hydroxyl groups is 5. The van der Waals surface area contributed by atoms with Gasteiger partial charge in [-0.25, -0.2) is 0 Å². The van der Waals surface area contributed by atoms with Crippen LogP contribution in [0.2, 0.25) is 0 Å². The van der Waals surface area contributed by atoms with Gasteiger partial charge in [0.1, 0.15) is 24.4 Å². The molecule has 1 saturated heterocycles. The zero-order chi connectivity index (χ0) is 57.9. The van der Waals surface area contributed by atoms with E-state index in [1.165, 1.54) is 180 Å². The number of hydrogen-bond acceptors (Lipinski definition) is 8. The minimum atomic E-state index is -1.58. The van der Waals surface area contributed by atoms with Crippen LogP contribution >= 0.6 is 0 Å². The van der Waals surface area contributed by atoms with Gasteiger partial charge in [0.2, 0.25) is 5.91 Å². The van der Waals surface area contributed by atoms with Crippen LogP contribution in [-0.2, 0) is 14.3 Å². The van der Waals surface area contributed by atoms with Crippen molar-refractivity contribution in [2.45, 2.75) is 346 Å². The van der Waals surface area contributed by atoms with E-state index in [4.69, 9.17) is 9.47 Å². The summed E-state index contributed by atoms with van der Waals surface area (Å²) in [6.07, 6.45) is 78.2. The van der Waals surface area contributed by atoms with E-state index in [0.29, 0.717) is 6.42 Å². The number of aliphatic hydroxyl groups excluding tert-OH is 5. The number of allylic oxidation sites excluding steroid dienone is 13. The number of rotatable bonds is 58. The van der Waals surface area contributed by atoms with E-state index in [-0.39, 0.29) is 12.5 Å². The summed E-state index contributed by atoms with van der Waals surface area (Å²) >= 11 is 0. The van der Waals surface area contributed by atoms with Crippen molar-refractivity contribution in [3.8, 4) is 0 Å². The number of unbranched alkanes of at least 4 members (excludes halogenated alkanes) is 36. The molecule has 9 heteroatoms. The van der Waals surface area contributed by atoms with Crippen molar-refractivity contribution in [1.29, 1.82) is 0 Å². The molecular weight excluding hydrogens is 995 g/mol. The van der Waals surface area contributed by atoms with Gasteiger partial charge in [-0.15, -0.1) is 0 Å². The Morgan fingerprint density at radius 3 is 1.15 bits per heavy atom. The minimum Gasteiger partial charge on any atom is -0.394 e. The van der Waals surface area contributed by atoms with Crippen molar-refractivity contribution in [1.82, 2.24) is 5.32 Å². The Balaban J connectivity index is 2.17. The molecule has 7 unspecified atom stereocenters. The lowest BCUT2D eigenvalue weighted by molar-refractivity contribution is -0.302. The Morgan fingerprint density at radius 1 is 0.438 bits per heavy atom. The fourth-order valence-electron chi connectivity index (χ4n) is 10.5. The van der Waals surface area contributed by atoms with E-state index in [1.54, 1.807) is 6.08 Å². The van der Waals surface area contributed by atoms with Crippen LogP contribution in [0.4, 0.5) is 0 Å². The fraction of sp³-hybridized carbons (Fsp3) is 0.789. The molecular formula is C71H127NO8. The highest BCUT2D eigenvalue weighted by molar-refractivity contribution is 5.76. The second-order valence-corrected chi connectivity index (χ2v) is 23.2. The molecule has 80 heavy (non-hydrogen) atoms. The van der Waals surface area contributed by atoms with Crippen LogP contribution in [0.1, 0.15) is 303 Å². The molecule has 7 atom stereocenters. The molecule has 0 aromatic heterocycles. The zero-order valence-electron chi connectivity index (χ0n) is 51.8. The number of carbonyl (C=O) groups excluding carboxylic acids is 1. The summed E-state index contributed by atoms with van der Waals surface area (Å²) in [4.78, 5) is 13.1. The third kappa shape index (κ3) is 47.8. The Hall–Kier alpha value is -2.63. The summed E-state index contributed by atoms with van der Waals surface area (Å²) in [6, 6.07) is -0.821. The van der Waals surface area contributed by atoms with Crippen LogP contribution in [-0.4, -0.2) is 87.5 Å². The molecule has 1 rings (SSSR count). The summed E-state index contributed by atoms with van der Waals surface area (Å²) in [7, 11) is 0. The first-order chi connectivity index (χ1) is 39.3. The zero-order valence-corrected chi connectivity index (χ0v) is 51.8. The average Bonchev–Trinajstić information content (AvgIpc) is 3.46. The van der Waals surface area contributed by atoms with Gasteiger partial charge in [0.25, 0.3) is 0 Å². The van der Waals surface area contributed by atoms with Crippen molar-refractivity contribution >= 4 is 5.91 Å². The van der Waals surface area contributed by atoms with E-state index in [9.17, 15) is 30.3 Å². The predicted molar refractivity (Wildman–Crippen MR) is 341 cm³/mol. The van der Waals surface area contributed by atoms with Gasteiger partial charge < -0.3 is 40.3 Å². The number of ether oxygens (including phenoxy) is 2. The SMILES string of the molecule is CC/C=C\C/C=C\C/C=C\C/C=C\C/C=C\C/C=C\CCCCCCCCC(=O)NC(COC1OC(CO)C(O)C(O)C1O)C(O)/C=C/CCCCCCCCCCCCCCCCCCCCCCCCCCCCCCCC. The van der Waals surface area contributed by atoms with E-state index in [0.717, 1.165) is 103 Å². The molecule has 1 fully saturated rings. The van der Waals surface area contributed by atoms with Gasteiger partial charge in [-0.2, -0.15) is 0 Å². The lowest BCUT2D eigenvalue weighted by Crippen LogP contribution is -2.60. The Morgan fingerprint density at radius 2 is 0.775 bits per heavy atom.